The standard InChI is InChI=1S/C16H12ClF3N2O4/c1-25-8-13(21)11-7-10(3-4-14(11)22(23)24)26-15-5-2-9(6-12(15)17)16(18,19)20/h2-7,21H,8H2,1H3. The van der Waals surface area contributed by atoms with Crippen molar-refractivity contribution in [3.8, 4) is 11.5 Å². The van der Waals surface area contributed by atoms with Crippen molar-refractivity contribution in [3.05, 3.63) is 62.7 Å². The molecule has 0 aromatic heterocycles. The lowest BCUT2D eigenvalue weighted by atomic mass is 10.1. The number of nitrogens with zero attached hydrogens (tertiary/aromatic N) is 1. The number of benzene rings is 2. The third-order valence-corrected chi connectivity index (χ3v) is 3.56. The maximum Gasteiger partial charge on any atom is 0.416 e. The van der Waals surface area contributed by atoms with E-state index in [0.29, 0.717) is 0 Å². The van der Waals surface area contributed by atoms with Crippen LogP contribution in [0.1, 0.15) is 11.1 Å². The smallest absolute Gasteiger partial charge is 0.416 e. The Morgan fingerprint density at radius 1 is 1.27 bits per heavy atom. The van der Waals surface area contributed by atoms with Gasteiger partial charge in [-0.3, -0.25) is 10.1 Å². The van der Waals surface area contributed by atoms with Crippen LogP contribution in [0.4, 0.5) is 18.9 Å². The van der Waals surface area contributed by atoms with Gasteiger partial charge in [0.1, 0.15) is 11.5 Å². The largest absolute Gasteiger partial charge is 0.456 e. The highest BCUT2D eigenvalue weighted by molar-refractivity contribution is 6.32. The van der Waals surface area contributed by atoms with Gasteiger partial charge in [-0.2, -0.15) is 13.2 Å². The highest BCUT2D eigenvalue weighted by Gasteiger charge is 2.31. The molecular weight excluding hydrogens is 377 g/mol. The number of rotatable bonds is 6. The lowest BCUT2D eigenvalue weighted by molar-refractivity contribution is -0.385. The van der Waals surface area contributed by atoms with Crippen LogP contribution in [0.5, 0.6) is 11.5 Å². The van der Waals surface area contributed by atoms with Gasteiger partial charge in [-0.15, -0.1) is 0 Å². The second kappa shape index (κ2) is 7.71. The van der Waals surface area contributed by atoms with Crippen molar-refractivity contribution in [3.63, 3.8) is 0 Å². The number of nitrogens with one attached hydrogen (secondary N) is 1. The zero-order valence-corrected chi connectivity index (χ0v) is 14.0. The third kappa shape index (κ3) is 4.50. The normalized spacial score (nSPS) is 11.3. The number of nitro benzene ring substituents is 1. The first-order chi connectivity index (χ1) is 12.1. The summed E-state index contributed by atoms with van der Waals surface area (Å²) in [7, 11) is 1.34. The molecule has 0 saturated heterocycles. The van der Waals surface area contributed by atoms with Crippen LogP contribution >= 0.6 is 11.6 Å². The fourth-order valence-electron chi connectivity index (χ4n) is 2.09. The van der Waals surface area contributed by atoms with Crippen molar-refractivity contribution >= 4 is 23.0 Å². The molecule has 1 N–H and O–H groups in total. The van der Waals surface area contributed by atoms with Crippen LogP contribution in [0, 0.1) is 15.5 Å². The summed E-state index contributed by atoms with van der Waals surface area (Å²) in [5, 5.41) is 18.7. The van der Waals surface area contributed by atoms with Crippen LogP contribution in [0.15, 0.2) is 36.4 Å². The van der Waals surface area contributed by atoms with Gasteiger partial charge < -0.3 is 14.9 Å². The van der Waals surface area contributed by atoms with Gasteiger partial charge in [0.25, 0.3) is 5.69 Å². The first-order valence-electron chi connectivity index (χ1n) is 7.03. The molecule has 0 atom stereocenters. The Bertz CT molecular complexity index is 856. The number of hydrogen-bond donors (Lipinski definition) is 1. The molecule has 0 heterocycles. The zero-order chi connectivity index (χ0) is 19.5. The molecule has 2 aromatic rings. The molecule has 0 aliphatic heterocycles. The average molecular weight is 389 g/mol. The van der Waals surface area contributed by atoms with Crippen LogP contribution in [0.25, 0.3) is 0 Å². The van der Waals surface area contributed by atoms with Gasteiger partial charge >= 0.3 is 6.18 Å². The molecule has 138 valence electrons. The van der Waals surface area contributed by atoms with E-state index in [1.54, 1.807) is 0 Å². The Balaban J connectivity index is 2.37. The lowest BCUT2D eigenvalue weighted by Crippen LogP contribution is -2.10. The van der Waals surface area contributed by atoms with E-state index < -0.39 is 16.7 Å². The van der Waals surface area contributed by atoms with Crippen LogP contribution in [0.2, 0.25) is 5.02 Å². The molecule has 2 aromatic carbocycles. The van der Waals surface area contributed by atoms with E-state index in [1.165, 1.54) is 19.2 Å². The summed E-state index contributed by atoms with van der Waals surface area (Å²) in [6.07, 6.45) is -4.54. The fraction of sp³-hybridized carbons (Fsp3) is 0.188. The summed E-state index contributed by atoms with van der Waals surface area (Å²) in [4.78, 5) is 10.4. The van der Waals surface area contributed by atoms with Crippen molar-refractivity contribution in [1.82, 2.24) is 0 Å². The summed E-state index contributed by atoms with van der Waals surface area (Å²) in [5.74, 6) is 0.0193. The maximum atomic E-state index is 12.7. The molecule has 2 rings (SSSR count). The van der Waals surface area contributed by atoms with Crippen LogP contribution in [-0.4, -0.2) is 24.4 Å². The van der Waals surface area contributed by atoms with E-state index in [4.69, 9.17) is 26.5 Å². The highest BCUT2D eigenvalue weighted by atomic mass is 35.5. The number of halogens is 4. The van der Waals surface area contributed by atoms with E-state index in [1.807, 2.05) is 0 Å². The minimum absolute atomic E-state index is 0.0302. The number of alkyl halides is 3. The maximum absolute atomic E-state index is 12.7. The lowest BCUT2D eigenvalue weighted by Gasteiger charge is -2.12. The minimum atomic E-state index is -4.54. The van der Waals surface area contributed by atoms with Crippen LogP contribution in [0.3, 0.4) is 0 Å². The topological polar surface area (TPSA) is 85.5 Å². The van der Waals surface area contributed by atoms with Crippen molar-refractivity contribution in [2.75, 3.05) is 13.7 Å². The molecule has 0 spiro atoms. The van der Waals surface area contributed by atoms with Crippen molar-refractivity contribution in [1.29, 1.82) is 5.41 Å². The number of methoxy groups -OCH3 is 1. The fourth-order valence-corrected chi connectivity index (χ4v) is 2.31. The van der Waals surface area contributed by atoms with E-state index in [-0.39, 0.29) is 40.1 Å². The van der Waals surface area contributed by atoms with E-state index in [2.05, 4.69) is 0 Å². The van der Waals surface area contributed by atoms with Crippen LogP contribution < -0.4 is 4.74 Å². The van der Waals surface area contributed by atoms with Crippen molar-refractivity contribution in [2.24, 2.45) is 0 Å². The Labute approximate surface area is 150 Å². The van der Waals surface area contributed by atoms with Crippen LogP contribution in [-0.2, 0) is 10.9 Å². The molecule has 0 aliphatic rings. The number of nitro groups is 1. The first-order valence-corrected chi connectivity index (χ1v) is 7.41. The van der Waals surface area contributed by atoms with E-state index in [0.717, 1.165) is 24.3 Å². The molecule has 0 amide bonds. The predicted molar refractivity (Wildman–Crippen MR) is 88.3 cm³/mol. The Hall–Kier alpha value is -2.65. The van der Waals surface area contributed by atoms with Gasteiger partial charge in [0.15, 0.2) is 0 Å². The molecule has 6 nitrogen and oxygen atoms in total. The second-order valence-corrected chi connectivity index (χ2v) is 5.50. The molecule has 0 radical (unpaired) electrons. The molecule has 0 aliphatic carbocycles. The van der Waals surface area contributed by atoms with E-state index in [9.17, 15) is 23.3 Å². The quantitative estimate of drug-likeness (QED) is 0.425. The monoisotopic (exact) mass is 388 g/mol. The molecule has 0 saturated carbocycles. The summed E-state index contributed by atoms with van der Waals surface area (Å²) in [5.41, 5.74) is -1.43. The Morgan fingerprint density at radius 2 is 1.96 bits per heavy atom. The Kier molecular flexibility index (Phi) is 5.83. The molecule has 0 bridgehead atoms. The van der Waals surface area contributed by atoms with Gasteiger partial charge in [0, 0.05) is 13.2 Å². The molecule has 0 unspecified atom stereocenters. The van der Waals surface area contributed by atoms with Crippen molar-refractivity contribution < 1.29 is 27.6 Å². The Morgan fingerprint density at radius 3 is 2.50 bits per heavy atom. The summed E-state index contributed by atoms with van der Waals surface area (Å²) in [6.45, 7) is -0.161. The van der Waals surface area contributed by atoms with Gasteiger partial charge in [-0.25, -0.2) is 0 Å². The first kappa shape index (κ1) is 19.7. The zero-order valence-electron chi connectivity index (χ0n) is 13.3. The summed E-state index contributed by atoms with van der Waals surface area (Å²) >= 11 is 5.82. The summed E-state index contributed by atoms with van der Waals surface area (Å²) in [6, 6.07) is 6.19. The number of ether oxygens (including phenoxy) is 2. The summed E-state index contributed by atoms with van der Waals surface area (Å²) < 4.78 is 48.2. The second-order valence-electron chi connectivity index (χ2n) is 5.09. The number of hydrogen-bond acceptors (Lipinski definition) is 5. The molecule has 10 heteroatoms. The van der Waals surface area contributed by atoms with Gasteiger partial charge in [-0.1, -0.05) is 11.6 Å². The molecular formula is C16H12ClF3N2O4. The minimum Gasteiger partial charge on any atom is -0.456 e. The molecule has 0 fully saturated rings. The average Bonchev–Trinajstić information content (AvgIpc) is 2.55. The SMILES string of the molecule is COCC(=N)c1cc(Oc2ccc(C(F)(F)F)cc2Cl)ccc1[N+](=O)[O-]. The van der Waals surface area contributed by atoms with Crippen molar-refractivity contribution in [2.45, 2.75) is 6.18 Å². The van der Waals surface area contributed by atoms with Gasteiger partial charge in [0.2, 0.25) is 0 Å². The predicted octanol–water partition coefficient (Wildman–Crippen LogP) is 5.07. The third-order valence-electron chi connectivity index (χ3n) is 3.27. The van der Waals surface area contributed by atoms with E-state index >= 15 is 0 Å². The highest BCUT2D eigenvalue weighted by Crippen LogP contribution is 2.37. The van der Waals surface area contributed by atoms with Gasteiger partial charge in [0.05, 0.1) is 33.4 Å². The van der Waals surface area contributed by atoms with Gasteiger partial charge in [-0.05, 0) is 30.3 Å². The molecule has 26 heavy (non-hydrogen) atoms.